The summed E-state index contributed by atoms with van der Waals surface area (Å²) in [6.45, 7) is 0.443. The van der Waals surface area contributed by atoms with Crippen LogP contribution in [-0.2, 0) is 6.54 Å². The van der Waals surface area contributed by atoms with Crippen molar-refractivity contribution >= 4 is 18.4 Å². The highest BCUT2D eigenvalue weighted by Gasteiger charge is 2.08. The normalized spacial score (nSPS) is 9.80. The highest BCUT2D eigenvalue weighted by atomic mass is 35.5. The van der Waals surface area contributed by atoms with E-state index in [0.29, 0.717) is 23.6 Å². The Balaban J connectivity index is 0.00000225. The van der Waals surface area contributed by atoms with Crippen molar-refractivity contribution in [1.29, 1.82) is 0 Å². The van der Waals surface area contributed by atoms with Gasteiger partial charge in [-0.15, -0.1) is 12.4 Å². The van der Waals surface area contributed by atoms with E-state index in [2.05, 4.69) is 0 Å². The van der Waals surface area contributed by atoms with Gasteiger partial charge in [-0.1, -0.05) is 30.3 Å². The number of hydrogen-bond acceptors (Lipinski definition) is 4. The molecular weight excluding hydrogens is 338 g/mol. The summed E-state index contributed by atoms with van der Waals surface area (Å²) in [6, 6.07) is 23.4. The highest BCUT2D eigenvalue weighted by molar-refractivity contribution is 5.91. The minimum atomic E-state index is -0.407. The lowest BCUT2D eigenvalue weighted by molar-refractivity contribution is 0.0734. The van der Waals surface area contributed by atoms with Gasteiger partial charge in [0.1, 0.15) is 17.2 Å². The summed E-state index contributed by atoms with van der Waals surface area (Å²) < 4.78 is 11.0. The topological polar surface area (TPSA) is 61.6 Å². The maximum absolute atomic E-state index is 12.1. The van der Waals surface area contributed by atoms with Crippen molar-refractivity contribution in [2.45, 2.75) is 6.54 Å². The van der Waals surface area contributed by atoms with Crippen LogP contribution in [0.4, 0.5) is 0 Å². The van der Waals surface area contributed by atoms with Gasteiger partial charge < -0.3 is 15.2 Å². The van der Waals surface area contributed by atoms with E-state index in [1.54, 1.807) is 36.4 Å². The van der Waals surface area contributed by atoms with Crippen LogP contribution in [0.15, 0.2) is 78.9 Å². The fourth-order valence-corrected chi connectivity index (χ4v) is 2.14. The number of carbonyl (C=O) groups is 1. The molecule has 3 aromatic carbocycles. The molecule has 2 N–H and O–H groups in total. The average molecular weight is 356 g/mol. The zero-order chi connectivity index (χ0) is 16.8. The molecule has 0 saturated carbocycles. The van der Waals surface area contributed by atoms with Crippen molar-refractivity contribution in [2.24, 2.45) is 5.73 Å². The van der Waals surface area contributed by atoms with E-state index < -0.39 is 5.97 Å². The van der Waals surface area contributed by atoms with Crippen LogP contribution in [0, 0.1) is 0 Å². The number of rotatable bonds is 5. The van der Waals surface area contributed by atoms with Crippen LogP contribution in [0.1, 0.15) is 15.9 Å². The Morgan fingerprint density at radius 1 is 0.760 bits per heavy atom. The molecule has 3 rings (SSSR count). The third-order valence-electron chi connectivity index (χ3n) is 3.44. The van der Waals surface area contributed by atoms with E-state index in [1.807, 2.05) is 42.5 Å². The summed E-state index contributed by atoms with van der Waals surface area (Å²) in [4.78, 5) is 12.1. The molecule has 0 fully saturated rings. The Labute approximate surface area is 152 Å². The predicted octanol–water partition coefficient (Wildman–Crippen LogP) is 4.58. The number of ether oxygens (including phenoxy) is 2. The third-order valence-corrected chi connectivity index (χ3v) is 3.44. The van der Waals surface area contributed by atoms with Crippen molar-refractivity contribution in [1.82, 2.24) is 0 Å². The summed E-state index contributed by atoms with van der Waals surface area (Å²) in [5, 5.41) is 0. The van der Waals surface area contributed by atoms with E-state index in [-0.39, 0.29) is 12.4 Å². The zero-order valence-electron chi connectivity index (χ0n) is 13.4. The quantitative estimate of drug-likeness (QED) is 0.537. The fraction of sp³-hybridized carbons (Fsp3) is 0.0500. The van der Waals surface area contributed by atoms with Crippen molar-refractivity contribution < 1.29 is 14.3 Å². The average Bonchev–Trinajstić information content (AvgIpc) is 2.64. The van der Waals surface area contributed by atoms with Crippen LogP contribution < -0.4 is 15.2 Å². The van der Waals surface area contributed by atoms with Gasteiger partial charge in [-0.2, -0.15) is 0 Å². The maximum atomic E-state index is 12.1. The zero-order valence-corrected chi connectivity index (χ0v) is 14.2. The Kier molecular flexibility index (Phi) is 6.57. The molecule has 0 aliphatic heterocycles. The Morgan fingerprint density at radius 3 is 1.92 bits per heavy atom. The van der Waals surface area contributed by atoms with Gasteiger partial charge in [-0.05, 0) is 54.1 Å². The van der Waals surface area contributed by atoms with Crippen LogP contribution in [0.25, 0.3) is 0 Å². The maximum Gasteiger partial charge on any atom is 0.343 e. The van der Waals surface area contributed by atoms with Gasteiger partial charge in [-0.3, -0.25) is 0 Å². The SMILES string of the molecule is Cl.NCc1ccc(C(=O)Oc2ccc(Oc3ccccc3)cc2)cc1. The number of benzene rings is 3. The van der Waals surface area contributed by atoms with Gasteiger partial charge >= 0.3 is 5.97 Å². The van der Waals surface area contributed by atoms with E-state index in [0.717, 1.165) is 11.3 Å². The summed E-state index contributed by atoms with van der Waals surface area (Å²) in [5.74, 6) is 1.48. The van der Waals surface area contributed by atoms with Gasteiger partial charge in [-0.25, -0.2) is 4.79 Å². The van der Waals surface area contributed by atoms with Gasteiger partial charge in [0.15, 0.2) is 0 Å². The van der Waals surface area contributed by atoms with Crippen molar-refractivity contribution in [3.63, 3.8) is 0 Å². The molecule has 0 saturated heterocycles. The van der Waals surface area contributed by atoms with E-state index >= 15 is 0 Å². The van der Waals surface area contributed by atoms with Gasteiger partial charge in [0, 0.05) is 6.54 Å². The van der Waals surface area contributed by atoms with Crippen LogP contribution >= 0.6 is 12.4 Å². The van der Waals surface area contributed by atoms with E-state index in [4.69, 9.17) is 15.2 Å². The molecule has 0 aliphatic rings. The van der Waals surface area contributed by atoms with Crippen molar-refractivity contribution in [3.05, 3.63) is 90.0 Å². The Bertz CT molecular complexity index is 803. The second-order valence-corrected chi connectivity index (χ2v) is 5.18. The van der Waals surface area contributed by atoms with Crippen molar-refractivity contribution in [2.75, 3.05) is 0 Å². The number of halogens is 1. The monoisotopic (exact) mass is 355 g/mol. The van der Waals surface area contributed by atoms with Gasteiger partial charge in [0.05, 0.1) is 5.56 Å². The number of carbonyl (C=O) groups excluding carboxylic acids is 1. The first kappa shape index (κ1) is 18.5. The Morgan fingerprint density at radius 2 is 1.32 bits per heavy atom. The van der Waals surface area contributed by atoms with Crippen LogP contribution in [0.5, 0.6) is 17.2 Å². The fourth-order valence-electron chi connectivity index (χ4n) is 2.14. The predicted molar refractivity (Wildman–Crippen MR) is 99.5 cm³/mol. The summed E-state index contributed by atoms with van der Waals surface area (Å²) in [6.07, 6.45) is 0. The molecule has 0 aliphatic carbocycles. The second-order valence-electron chi connectivity index (χ2n) is 5.18. The molecule has 0 radical (unpaired) electrons. The molecule has 25 heavy (non-hydrogen) atoms. The van der Waals surface area contributed by atoms with Gasteiger partial charge in [0.25, 0.3) is 0 Å². The summed E-state index contributed by atoms with van der Waals surface area (Å²) in [5.41, 5.74) is 6.99. The summed E-state index contributed by atoms with van der Waals surface area (Å²) >= 11 is 0. The molecule has 0 amide bonds. The molecular formula is C20H18ClNO3. The molecule has 128 valence electrons. The second kappa shape index (κ2) is 8.87. The highest BCUT2D eigenvalue weighted by Crippen LogP contribution is 2.24. The number of esters is 1. The first-order chi connectivity index (χ1) is 11.7. The van der Waals surface area contributed by atoms with E-state index in [9.17, 15) is 4.79 Å². The molecule has 3 aromatic rings. The number of hydrogen-bond donors (Lipinski definition) is 1. The molecule has 0 bridgehead atoms. The van der Waals surface area contributed by atoms with Crippen LogP contribution in [-0.4, -0.2) is 5.97 Å². The summed E-state index contributed by atoms with van der Waals surface area (Å²) in [7, 11) is 0. The lowest BCUT2D eigenvalue weighted by atomic mass is 10.1. The molecule has 0 atom stereocenters. The van der Waals surface area contributed by atoms with Crippen LogP contribution in [0.3, 0.4) is 0 Å². The molecule has 0 heterocycles. The third kappa shape index (κ3) is 5.08. The van der Waals surface area contributed by atoms with Crippen LogP contribution in [0.2, 0.25) is 0 Å². The lowest BCUT2D eigenvalue weighted by Crippen LogP contribution is -2.08. The standard InChI is InChI=1S/C20H17NO3.ClH/c21-14-15-6-8-16(9-7-15)20(22)24-19-12-10-18(11-13-19)23-17-4-2-1-3-5-17;/h1-13H,14,21H2;1H. The minimum absolute atomic E-state index is 0. The Hall–Kier alpha value is -2.82. The molecule has 0 unspecified atom stereocenters. The first-order valence-electron chi connectivity index (χ1n) is 7.59. The lowest BCUT2D eigenvalue weighted by Gasteiger charge is -2.08. The number of para-hydroxylation sites is 1. The first-order valence-corrected chi connectivity index (χ1v) is 7.59. The molecule has 5 heteroatoms. The van der Waals surface area contributed by atoms with E-state index in [1.165, 1.54) is 0 Å². The minimum Gasteiger partial charge on any atom is -0.457 e. The van der Waals surface area contributed by atoms with Gasteiger partial charge in [0.2, 0.25) is 0 Å². The number of nitrogens with two attached hydrogens (primary N) is 1. The van der Waals surface area contributed by atoms with Crippen molar-refractivity contribution in [3.8, 4) is 17.2 Å². The molecule has 0 aromatic heterocycles. The molecule has 0 spiro atoms. The largest absolute Gasteiger partial charge is 0.457 e. The molecule has 4 nitrogen and oxygen atoms in total. The smallest absolute Gasteiger partial charge is 0.343 e.